The summed E-state index contributed by atoms with van der Waals surface area (Å²) in [5.41, 5.74) is -1.11. The third-order valence-electron chi connectivity index (χ3n) is 8.38. The van der Waals surface area contributed by atoms with Crippen molar-refractivity contribution >= 4 is 11.6 Å². The topological polar surface area (TPSA) is 54.4 Å². The monoisotopic (exact) mass is 304 g/mol. The fourth-order valence-corrected chi connectivity index (χ4v) is 6.78. The van der Waals surface area contributed by atoms with Crippen LogP contribution in [0.15, 0.2) is 0 Å². The summed E-state index contributed by atoms with van der Waals surface area (Å²) in [7, 11) is 0. The molecule has 122 valence electrons. The average Bonchev–Trinajstić information content (AvgIpc) is 2.72. The van der Waals surface area contributed by atoms with E-state index in [1.807, 2.05) is 6.92 Å². The number of carbonyl (C=O) groups excluding carboxylic acids is 2. The molecule has 4 saturated carbocycles. The number of aliphatic hydroxyl groups is 1. The molecule has 4 aliphatic rings. The van der Waals surface area contributed by atoms with E-state index in [2.05, 4.69) is 6.92 Å². The minimum absolute atomic E-state index is 0.194. The van der Waals surface area contributed by atoms with Crippen molar-refractivity contribution in [1.29, 1.82) is 0 Å². The fourth-order valence-electron chi connectivity index (χ4n) is 6.78. The second-order valence-electron chi connectivity index (χ2n) is 8.95. The molecule has 0 aromatic heterocycles. The minimum atomic E-state index is -0.789. The molecule has 6 atom stereocenters. The van der Waals surface area contributed by atoms with Gasteiger partial charge in [-0.15, -0.1) is 0 Å². The Morgan fingerprint density at radius 2 is 1.73 bits per heavy atom. The number of hydrogen-bond donors (Lipinski definition) is 1. The van der Waals surface area contributed by atoms with Crippen molar-refractivity contribution in [2.24, 2.45) is 28.6 Å². The van der Waals surface area contributed by atoms with Gasteiger partial charge in [-0.2, -0.15) is 0 Å². The van der Waals surface area contributed by atoms with E-state index in [0.717, 1.165) is 38.5 Å². The Bertz CT molecular complexity index is 541. The summed E-state index contributed by atoms with van der Waals surface area (Å²) in [4.78, 5) is 24.3. The molecule has 0 saturated heterocycles. The van der Waals surface area contributed by atoms with Crippen molar-refractivity contribution in [3.05, 3.63) is 0 Å². The Balaban J connectivity index is 1.71. The minimum Gasteiger partial charge on any atom is -0.389 e. The number of ketones is 2. The first kappa shape index (κ1) is 14.9. The van der Waals surface area contributed by atoms with Gasteiger partial charge in [0.2, 0.25) is 0 Å². The van der Waals surface area contributed by atoms with Crippen LogP contribution in [0.5, 0.6) is 0 Å². The highest BCUT2D eigenvalue weighted by Gasteiger charge is 2.67. The van der Waals surface area contributed by atoms with E-state index in [0.29, 0.717) is 36.9 Å². The van der Waals surface area contributed by atoms with Gasteiger partial charge in [-0.25, -0.2) is 0 Å². The molecule has 0 spiro atoms. The predicted octanol–water partition coefficient (Wildman–Crippen LogP) is 3.28. The molecule has 0 heterocycles. The van der Waals surface area contributed by atoms with Crippen LogP contribution in [0.4, 0.5) is 0 Å². The molecule has 4 rings (SSSR count). The zero-order valence-corrected chi connectivity index (χ0v) is 13.9. The maximum atomic E-state index is 12.4. The molecule has 0 aliphatic heterocycles. The van der Waals surface area contributed by atoms with Crippen LogP contribution in [0.3, 0.4) is 0 Å². The van der Waals surface area contributed by atoms with Gasteiger partial charge in [0, 0.05) is 19.3 Å². The van der Waals surface area contributed by atoms with Gasteiger partial charge in [0.25, 0.3) is 0 Å². The van der Waals surface area contributed by atoms with Crippen LogP contribution in [0, 0.1) is 28.6 Å². The molecule has 0 amide bonds. The molecule has 0 bridgehead atoms. The number of hydrogen-bond acceptors (Lipinski definition) is 3. The van der Waals surface area contributed by atoms with Gasteiger partial charge < -0.3 is 5.11 Å². The standard InChI is InChI=1S/C19H28O3/c1-17-8-5-13(20)11-12(17)3-4-15-14(17)6-9-18(2)16(21)7-10-19(15,18)22/h12,14-15,22H,3-11H2,1-2H3/t12-,14+,15+,17-,18+,19-/m1/s1. The summed E-state index contributed by atoms with van der Waals surface area (Å²) in [5.74, 6) is 1.95. The van der Waals surface area contributed by atoms with Crippen LogP contribution in [0.1, 0.15) is 71.6 Å². The lowest BCUT2D eigenvalue weighted by molar-refractivity contribution is -0.197. The van der Waals surface area contributed by atoms with E-state index in [-0.39, 0.29) is 17.1 Å². The summed E-state index contributed by atoms with van der Waals surface area (Å²) in [6.07, 6.45) is 7.58. The Morgan fingerprint density at radius 1 is 0.955 bits per heavy atom. The zero-order valence-electron chi connectivity index (χ0n) is 13.9. The van der Waals surface area contributed by atoms with Crippen LogP contribution in [-0.4, -0.2) is 22.3 Å². The Kier molecular flexibility index (Phi) is 3.00. The van der Waals surface area contributed by atoms with Crippen LogP contribution in [0.2, 0.25) is 0 Å². The summed E-state index contributed by atoms with van der Waals surface area (Å²) < 4.78 is 0. The lowest BCUT2D eigenvalue weighted by Gasteiger charge is -2.61. The predicted molar refractivity (Wildman–Crippen MR) is 83.2 cm³/mol. The maximum Gasteiger partial charge on any atom is 0.141 e. The first-order valence-corrected chi connectivity index (χ1v) is 9.09. The average molecular weight is 304 g/mol. The number of fused-ring (bicyclic) bond motifs is 5. The molecular formula is C19H28O3. The first-order valence-electron chi connectivity index (χ1n) is 9.09. The quantitative estimate of drug-likeness (QED) is 0.747. The Labute approximate surface area is 132 Å². The highest BCUT2D eigenvalue weighted by atomic mass is 16.3. The molecule has 0 aromatic rings. The molecule has 0 unspecified atom stereocenters. The number of Topliss-reactive ketones (excluding diaryl/α,β-unsaturated/α-hetero) is 2. The van der Waals surface area contributed by atoms with Gasteiger partial charge in [0.1, 0.15) is 11.6 Å². The summed E-state index contributed by atoms with van der Waals surface area (Å²) in [5, 5.41) is 11.5. The van der Waals surface area contributed by atoms with Gasteiger partial charge in [-0.3, -0.25) is 9.59 Å². The Morgan fingerprint density at radius 3 is 2.50 bits per heavy atom. The van der Waals surface area contributed by atoms with Crippen LogP contribution >= 0.6 is 0 Å². The summed E-state index contributed by atoms with van der Waals surface area (Å²) >= 11 is 0. The van der Waals surface area contributed by atoms with E-state index < -0.39 is 11.0 Å². The van der Waals surface area contributed by atoms with Crippen molar-refractivity contribution in [3.63, 3.8) is 0 Å². The molecular weight excluding hydrogens is 276 g/mol. The third kappa shape index (κ3) is 1.61. The smallest absolute Gasteiger partial charge is 0.141 e. The molecule has 4 aliphatic carbocycles. The second-order valence-corrected chi connectivity index (χ2v) is 8.95. The first-order chi connectivity index (χ1) is 10.3. The van der Waals surface area contributed by atoms with Gasteiger partial charge in [0.15, 0.2) is 0 Å². The molecule has 0 aromatic carbocycles. The fraction of sp³-hybridized carbons (Fsp3) is 0.895. The van der Waals surface area contributed by atoms with Crippen molar-refractivity contribution in [3.8, 4) is 0 Å². The van der Waals surface area contributed by atoms with Gasteiger partial charge in [-0.1, -0.05) is 6.92 Å². The second kappa shape index (κ2) is 4.43. The highest BCUT2D eigenvalue weighted by molar-refractivity contribution is 5.88. The maximum absolute atomic E-state index is 12.4. The number of rotatable bonds is 0. The van der Waals surface area contributed by atoms with E-state index in [4.69, 9.17) is 0 Å². The highest BCUT2D eigenvalue weighted by Crippen LogP contribution is 2.66. The third-order valence-corrected chi connectivity index (χ3v) is 8.38. The van der Waals surface area contributed by atoms with Crippen molar-refractivity contribution in [2.45, 2.75) is 77.2 Å². The lowest BCUT2D eigenvalue weighted by atomic mass is 9.44. The van der Waals surface area contributed by atoms with Gasteiger partial charge in [-0.05, 0) is 68.6 Å². The summed E-state index contributed by atoms with van der Waals surface area (Å²) in [6, 6.07) is 0. The van der Waals surface area contributed by atoms with Crippen LogP contribution in [0.25, 0.3) is 0 Å². The zero-order chi connectivity index (χ0) is 15.8. The SMILES string of the molecule is C[C@@]12CCC(=O)C[C@H]1CC[C@H]1[C@@H]2CC[C@@]2(C)C(=O)CC[C@@]12O. The number of carbonyl (C=O) groups is 2. The van der Waals surface area contributed by atoms with E-state index >= 15 is 0 Å². The largest absolute Gasteiger partial charge is 0.389 e. The van der Waals surface area contributed by atoms with Crippen molar-refractivity contribution in [2.75, 3.05) is 0 Å². The normalized spacial score (nSPS) is 54.6. The summed E-state index contributed by atoms with van der Waals surface area (Å²) in [6.45, 7) is 4.38. The van der Waals surface area contributed by atoms with E-state index in [1.165, 1.54) is 0 Å². The van der Waals surface area contributed by atoms with Crippen molar-refractivity contribution in [1.82, 2.24) is 0 Å². The molecule has 3 nitrogen and oxygen atoms in total. The van der Waals surface area contributed by atoms with E-state index in [9.17, 15) is 14.7 Å². The lowest BCUT2D eigenvalue weighted by Crippen LogP contribution is -2.62. The van der Waals surface area contributed by atoms with Gasteiger partial charge in [0.05, 0.1) is 11.0 Å². The molecule has 1 N–H and O–H groups in total. The Hall–Kier alpha value is -0.700. The molecule has 0 radical (unpaired) electrons. The molecule has 3 heteroatoms. The van der Waals surface area contributed by atoms with Crippen LogP contribution in [-0.2, 0) is 9.59 Å². The van der Waals surface area contributed by atoms with Gasteiger partial charge >= 0.3 is 0 Å². The molecule has 4 fully saturated rings. The van der Waals surface area contributed by atoms with E-state index in [1.54, 1.807) is 0 Å². The molecule has 22 heavy (non-hydrogen) atoms. The van der Waals surface area contributed by atoms with Crippen molar-refractivity contribution < 1.29 is 14.7 Å². The van der Waals surface area contributed by atoms with Crippen LogP contribution < -0.4 is 0 Å².